The van der Waals surface area contributed by atoms with Crippen LogP contribution in [0, 0.1) is 5.92 Å². The van der Waals surface area contributed by atoms with Crippen LogP contribution in [0.4, 0.5) is 5.69 Å². The largest absolute Gasteiger partial charge is 0.399 e. The zero-order valence-corrected chi connectivity index (χ0v) is 10.4. The summed E-state index contributed by atoms with van der Waals surface area (Å²) in [6.45, 7) is 4.07. The van der Waals surface area contributed by atoms with Gasteiger partial charge in [-0.3, -0.25) is 0 Å². The Hall–Kier alpha value is -1.07. The molecule has 0 amide bonds. The molecule has 16 heavy (non-hydrogen) atoms. The van der Waals surface area contributed by atoms with Crippen LogP contribution in [0.3, 0.4) is 0 Å². The third-order valence-corrected chi connectivity index (χ3v) is 3.72. The number of rotatable bonds is 5. The number of benzene rings is 1. The van der Waals surface area contributed by atoms with Gasteiger partial charge in [0, 0.05) is 12.2 Å². The molecule has 4 nitrogen and oxygen atoms in total. The van der Waals surface area contributed by atoms with Crippen LogP contribution in [0.25, 0.3) is 0 Å². The smallest absolute Gasteiger partial charge is 0.212 e. The van der Waals surface area contributed by atoms with Crippen molar-refractivity contribution in [1.29, 1.82) is 0 Å². The van der Waals surface area contributed by atoms with E-state index in [0.717, 1.165) is 5.56 Å². The summed E-state index contributed by atoms with van der Waals surface area (Å²) in [5.74, 6) is 0.283. The SMILES string of the molecule is CC(C)CS(=O)(=O)NCc1ccc(N)cc1. The van der Waals surface area contributed by atoms with Gasteiger partial charge in [-0.15, -0.1) is 0 Å². The van der Waals surface area contributed by atoms with E-state index in [9.17, 15) is 8.42 Å². The lowest BCUT2D eigenvalue weighted by Gasteiger charge is -2.08. The number of sulfonamides is 1. The van der Waals surface area contributed by atoms with Gasteiger partial charge in [0.1, 0.15) is 0 Å². The first-order chi connectivity index (χ1) is 7.39. The molecule has 0 fully saturated rings. The Morgan fingerprint density at radius 1 is 1.25 bits per heavy atom. The third kappa shape index (κ3) is 4.63. The van der Waals surface area contributed by atoms with Gasteiger partial charge in [0.25, 0.3) is 0 Å². The summed E-state index contributed by atoms with van der Waals surface area (Å²) in [5, 5.41) is 0. The number of anilines is 1. The van der Waals surface area contributed by atoms with Crippen LogP contribution in [-0.2, 0) is 16.6 Å². The molecule has 0 aliphatic heterocycles. The van der Waals surface area contributed by atoms with Crippen molar-refractivity contribution in [3.63, 3.8) is 0 Å². The highest BCUT2D eigenvalue weighted by molar-refractivity contribution is 7.89. The average Bonchev–Trinajstić information content (AvgIpc) is 2.15. The van der Waals surface area contributed by atoms with E-state index in [2.05, 4.69) is 4.72 Å². The zero-order valence-electron chi connectivity index (χ0n) is 9.60. The van der Waals surface area contributed by atoms with E-state index < -0.39 is 10.0 Å². The van der Waals surface area contributed by atoms with Crippen LogP contribution < -0.4 is 10.5 Å². The summed E-state index contributed by atoms with van der Waals surface area (Å²) in [4.78, 5) is 0. The van der Waals surface area contributed by atoms with Crippen molar-refractivity contribution in [3.8, 4) is 0 Å². The molecule has 5 heteroatoms. The van der Waals surface area contributed by atoms with Crippen LogP contribution in [0.15, 0.2) is 24.3 Å². The molecule has 0 atom stereocenters. The maximum atomic E-state index is 11.5. The molecule has 0 aromatic heterocycles. The second-order valence-electron chi connectivity index (χ2n) is 4.24. The van der Waals surface area contributed by atoms with E-state index in [-0.39, 0.29) is 11.7 Å². The summed E-state index contributed by atoms with van der Waals surface area (Å²) in [6.07, 6.45) is 0. The van der Waals surface area contributed by atoms with E-state index in [4.69, 9.17) is 5.73 Å². The van der Waals surface area contributed by atoms with Gasteiger partial charge in [0.05, 0.1) is 5.75 Å². The van der Waals surface area contributed by atoms with Gasteiger partial charge in [0.2, 0.25) is 10.0 Å². The Bertz CT molecular complexity index is 424. The fraction of sp³-hybridized carbons (Fsp3) is 0.455. The van der Waals surface area contributed by atoms with Crippen molar-refractivity contribution >= 4 is 15.7 Å². The second kappa shape index (κ2) is 5.32. The average molecular weight is 242 g/mol. The maximum absolute atomic E-state index is 11.5. The van der Waals surface area contributed by atoms with Gasteiger partial charge < -0.3 is 5.73 Å². The lowest BCUT2D eigenvalue weighted by molar-refractivity contribution is 0.568. The summed E-state index contributed by atoms with van der Waals surface area (Å²) in [7, 11) is -3.17. The van der Waals surface area contributed by atoms with Crippen molar-refractivity contribution in [2.45, 2.75) is 20.4 Å². The normalized spacial score (nSPS) is 11.9. The first kappa shape index (κ1) is 13.0. The topological polar surface area (TPSA) is 72.2 Å². The van der Waals surface area contributed by atoms with Crippen molar-refractivity contribution in [1.82, 2.24) is 4.72 Å². The van der Waals surface area contributed by atoms with Crippen molar-refractivity contribution in [3.05, 3.63) is 29.8 Å². The fourth-order valence-electron chi connectivity index (χ4n) is 1.33. The predicted octanol–water partition coefficient (Wildman–Crippen LogP) is 1.34. The van der Waals surface area contributed by atoms with E-state index in [1.54, 1.807) is 12.1 Å². The van der Waals surface area contributed by atoms with Crippen LogP contribution in [-0.4, -0.2) is 14.2 Å². The Morgan fingerprint density at radius 2 is 1.81 bits per heavy atom. The molecule has 90 valence electrons. The molecule has 0 bridgehead atoms. The number of nitrogens with one attached hydrogen (secondary N) is 1. The molecule has 0 spiro atoms. The van der Waals surface area contributed by atoms with Gasteiger partial charge in [-0.2, -0.15) is 0 Å². The van der Waals surface area contributed by atoms with E-state index in [1.165, 1.54) is 0 Å². The molecule has 3 N–H and O–H groups in total. The van der Waals surface area contributed by atoms with Crippen LogP contribution >= 0.6 is 0 Å². The lowest BCUT2D eigenvalue weighted by atomic mass is 10.2. The molecule has 0 unspecified atom stereocenters. The first-order valence-electron chi connectivity index (χ1n) is 5.21. The second-order valence-corrected chi connectivity index (χ2v) is 6.09. The van der Waals surface area contributed by atoms with Gasteiger partial charge in [-0.1, -0.05) is 26.0 Å². The molecule has 0 saturated heterocycles. The minimum Gasteiger partial charge on any atom is -0.399 e. The molecule has 1 rings (SSSR count). The zero-order chi connectivity index (χ0) is 12.2. The summed E-state index contributed by atoms with van der Waals surface area (Å²) < 4.78 is 25.6. The first-order valence-corrected chi connectivity index (χ1v) is 6.86. The Labute approximate surface area is 96.9 Å². The molecule has 0 heterocycles. The minimum absolute atomic E-state index is 0.129. The Kier molecular flexibility index (Phi) is 4.32. The van der Waals surface area contributed by atoms with Crippen molar-refractivity contribution < 1.29 is 8.42 Å². The fourth-order valence-corrected chi connectivity index (χ4v) is 2.71. The highest BCUT2D eigenvalue weighted by atomic mass is 32.2. The Morgan fingerprint density at radius 3 is 2.31 bits per heavy atom. The van der Waals surface area contributed by atoms with E-state index >= 15 is 0 Å². The van der Waals surface area contributed by atoms with Crippen LogP contribution in [0.1, 0.15) is 19.4 Å². The molecular weight excluding hydrogens is 224 g/mol. The van der Waals surface area contributed by atoms with E-state index in [1.807, 2.05) is 26.0 Å². The van der Waals surface area contributed by atoms with Gasteiger partial charge in [0.15, 0.2) is 0 Å². The standard InChI is InChI=1S/C11H18N2O2S/c1-9(2)8-16(14,15)13-7-10-3-5-11(12)6-4-10/h3-6,9,13H,7-8,12H2,1-2H3. The number of nitrogen functional groups attached to an aromatic ring is 1. The van der Waals surface area contributed by atoms with Gasteiger partial charge in [-0.25, -0.2) is 13.1 Å². The van der Waals surface area contributed by atoms with Crippen LogP contribution in [0.2, 0.25) is 0 Å². The molecule has 1 aromatic carbocycles. The van der Waals surface area contributed by atoms with Crippen molar-refractivity contribution in [2.24, 2.45) is 5.92 Å². The third-order valence-electron chi connectivity index (χ3n) is 2.03. The summed E-state index contributed by atoms with van der Waals surface area (Å²) in [5.41, 5.74) is 7.11. The number of hydrogen-bond acceptors (Lipinski definition) is 3. The highest BCUT2D eigenvalue weighted by Crippen LogP contribution is 2.06. The molecule has 0 saturated carbocycles. The van der Waals surface area contributed by atoms with Crippen LogP contribution in [0.5, 0.6) is 0 Å². The molecule has 1 aromatic rings. The number of hydrogen-bond donors (Lipinski definition) is 2. The number of nitrogens with two attached hydrogens (primary N) is 1. The maximum Gasteiger partial charge on any atom is 0.212 e. The van der Waals surface area contributed by atoms with E-state index in [0.29, 0.717) is 12.2 Å². The summed E-state index contributed by atoms with van der Waals surface area (Å²) >= 11 is 0. The van der Waals surface area contributed by atoms with Gasteiger partial charge >= 0.3 is 0 Å². The molecule has 0 aliphatic carbocycles. The lowest BCUT2D eigenvalue weighted by Crippen LogP contribution is -2.28. The molecule has 0 aliphatic rings. The molecule has 0 radical (unpaired) electrons. The Balaban J connectivity index is 2.54. The quantitative estimate of drug-likeness (QED) is 0.765. The van der Waals surface area contributed by atoms with Crippen molar-refractivity contribution in [2.75, 3.05) is 11.5 Å². The minimum atomic E-state index is -3.17. The van der Waals surface area contributed by atoms with Gasteiger partial charge in [-0.05, 0) is 23.6 Å². The summed E-state index contributed by atoms with van der Waals surface area (Å²) in [6, 6.07) is 7.14. The monoisotopic (exact) mass is 242 g/mol. The highest BCUT2D eigenvalue weighted by Gasteiger charge is 2.11. The molecular formula is C11H18N2O2S. The predicted molar refractivity (Wildman–Crippen MR) is 66.3 cm³/mol.